The fourth-order valence-electron chi connectivity index (χ4n) is 4.14. The van der Waals surface area contributed by atoms with Crippen LogP contribution in [0.1, 0.15) is 33.2 Å². The molecule has 30 heavy (non-hydrogen) atoms. The van der Waals surface area contributed by atoms with E-state index in [2.05, 4.69) is 34.6 Å². The van der Waals surface area contributed by atoms with E-state index < -0.39 is 0 Å². The van der Waals surface area contributed by atoms with Crippen LogP contribution in [0, 0.1) is 6.92 Å². The van der Waals surface area contributed by atoms with E-state index in [9.17, 15) is 4.79 Å². The van der Waals surface area contributed by atoms with Crippen molar-refractivity contribution in [1.29, 1.82) is 0 Å². The van der Waals surface area contributed by atoms with E-state index in [-0.39, 0.29) is 11.8 Å². The molecule has 148 valence electrons. The lowest BCUT2D eigenvalue weighted by Gasteiger charge is -2.18. The number of para-hydroxylation sites is 2. The number of furan rings is 1. The molecule has 0 unspecified atom stereocenters. The molecule has 4 heteroatoms. The highest BCUT2D eigenvalue weighted by Gasteiger charge is 2.22. The molecule has 2 heterocycles. The Labute approximate surface area is 174 Å². The highest BCUT2D eigenvalue weighted by Crippen LogP contribution is 2.31. The molecule has 5 rings (SSSR count). The van der Waals surface area contributed by atoms with Crippen LogP contribution in [0.3, 0.4) is 0 Å². The van der Waals surface area contributed by atoms with E-state index in [0.717, 1.165) is 27.6 Å². The first-order valence-electron chi connectivity index (χ1n) is 10.1. The lowest BCUT2D eigenvalue weighted by atomic mass is 9.91. The normalized spacial score (nSPS) is 12.3. The molecule has 3 aromatic carbocycles. The van der Waals surface area contributed by atoms with Crippen LogP contribution in [0.15, 0.2) is 89.5 Å². The van der Waals surface area contributed by atoms with Crippen molar-refractivity contribution < 1.29 is 9.21 Å². The number of hydrogen-bond acceptors (Lipinski definition) is 2. The summed E-state index contributed by atoms with van der Waals surface area (Å²) < 4.78 is 5.84. The zero-order valence-electron chi connectivity index (χ0n) is 16.7. The van der Waals surface area contributed by atoms with Gasteiger partial charge >= 0.3 is 0 Å². The van der Waals surface area contributed by atoms with Crippen molar-refractivity contribution in [3.05, 3.63) is 108 Å². The second-order valence-corrected chi connectivity index (χ2v) is 7.52. The van der Waals surface area contributed by atoms with Crippen LogP contribution in [0.4, 0.5) is 0 Å². The molecule has 2 N–H and O–H groups in total. The number of hydrogen-bond donors (Lipinski definition) is 2. The molecule has 0 aliphatic heterocycles. The first kappa shape index (κ1) is 18.3. The summed E-state index contributed by atoms with van der Waals surface area (Å²) in [6, 6.07) is 26.2. The SMILES string of the molecule is Cc1c(C(=O)NC[C@@H](c2ccccc2)c2c[nH]c3ccccc23)oc2ccccc12. The zero-order chi connectivity index (χ0) is 20.5. The molecule has 0 saturated carbocycles. The minimum absolute atomic E-state index is 0.0241. The van der Waals surface area contributed by atoms with E-state index in [4.69, 9.17) is 4.42 Å². The summed E-state index contributed by atoms with van der Waals surface area (Å²) in [5.41, 5.74) is 5.01. The highest BCUT2D eigenvalue weighted by molar-refractivity contribution is 5.99. The number of aryl methyl sites for hydroxylation is 1. The lowest BCUT2D eigenvalue weighted by Crippen LogP contribution is -2.29. The van der Waals surface area contributed by atoms with E-state index in [1.807, 2.05) is 67.7 Å². The quantitative estimate of drug-likeness (QED) is 0.397. The zero-order valence-corrected chi connectivity index (χ0v) is 16.7. The van der Waals surface area contributed by atoms with Crippen LogP contribution >= 0.6 is 0 Å². The lowest BCUT2D eigenvalue weighted by molar-refractivity contribution is 0.0926. The maximum atomic E-state index is 13.0. The van der Waals surface area contributed by atoms with Crippen molar-refractivity contribution in [2.45, 2.75) is 12.8 Å². The molecule has 0 radical (unpaired) electrons. The molecule has 0 aliphatic carbocycles. The highest BCUT2D eigenvalue weighted by atomic mass is 16.3. The molecule has 1 amide bonds. The van der Waals surface area contributed by atoms with Crippen LogP contribution in [-0.4, -0.2) is 17.4 Å². The Morgan fingerprint density at radius 3 is 2.43 bits per heavy atom. The molecule has 0 aliphatic rings. The summed E-state index contributed by atoms with van der Waals surface area (Å²) in [5.74, 6) is 0.211. The first-order chi connectivity index (χ1) is 14.7. The predicted molar refractivity (Wildman–Crippen MR) is 120 cm³/mol. The summed E-state index contributed by atoms with van der Waals surface area (Å²) in [6.07, 6.45) is 2.04. The van der Waals surface area contributed by atoms with Crippen molar-refractivity contribution in [3.8, 4) is 0 Å². The molecule has 4 nitrogen and oxygen atoms in total. The fourth-order valence-corrected chi connectivity index (χ4v) is 4.14. The van der Waals surface area contributed by atoms with E-state index in [0.29, 0.717) is 12.3 Å². The van der Waals surface area contributed by atoms with E-state index in [1.54, 1.807) is 0 Å². The molecule has 5 aromatic rings. The number of H-pyrrole nitrogens is 1. The van der Waals surface area contributed by atoms with Crippen molar-refractivity contribution in [3.63, 3.8) is 0 Å². The first-order valence-corrected chi connectivity index (χ1v) is 10.1. The molecule has 2 aromatic heterocycles. The van der Waals surface area contributed by atoms with Gasteiger partial charge in [-0.3, -0.25) is 4.79 Å². The number of rotatable bonds is 5. The molecular weight excluding hydrogens is 372 g/mol. The van der Waals surface area contributed by atoms with Gasteiger partial charge in [-0.1, -0.05) is 66.7 Å². The Kier molecular flexibility index (Phi) is 4.60. The Hall–Kier alpha value is -3.79. The maximum Gasteiger partial charge on any atom is 0.287 e. The van der Waals surface area contributed by atoms with Gasteiger partial charge in [-0.2, -0.15) is 0 Å². The van der Waals surface area contributed by atoms with Crippen LogP contribution in [0.2, 0.25) is 0 Å². The van der Waals surface area contributed by atoms with Gasteiger partial charge in [-0.15, -0.1) is 0 Å². The summed E-state index contributed by atoms with van der Waals surface area (Å²) in [7, 11) is 0. The van der Waals surface area contributed by atoms with E-state index >= 15 is 0 Å². The summed E-state index contributed by atoms with van der Waals surface area (Å²) in [4.78, 5) is 16.3. The Bertz CT molecular complexity index is 1330. The van der Waals surface area contributed by atoms with Crippen molar-refractivity contribution in [1.82, 2.24) is 10.3 Å². The minimum Gasteiger partial charge on any atom is -0.451 e. The van der Waals surface area contributed by atoms with Gasteiger partial charge in [-0.25, -0.2) is 0 Å². The number of aromatic amines is 1. The average molecular weight is 394 g/mol. The summed E-state index contributed by atoms with van der Waals surface area (Å²) in [5, 5.41) is 5.24. The number of carbonyl (C=O) groups excluding carboxylic acids is 1. The fraction of sp³-hybridized carbons (Fsp3) is 0.115. The number of aromatic nitrogens is 1. The number of carbonyl (C=O) groups is 1. The number of amides is 1. The van der Waals surface area contributed by atoms with Crippen molar-refractivity contribution in [2.75, 3.05) is 6.54 Å². The third-order valence-electron chi connectivity index (χ3n) is 5.72. The van der Waals surface area contributed by atoms with Gasteiger partial charge in [0.15, 0.2) is 5.76 Å². The summed E-state index contributed by atoms with van der Waals surface area (Å²) >= 11 is 0. The number of nitrogens with one attached hydrogen (secondary N) is 2. The van der Waals surface area contributed by atoms with Gasteiger partial charge in [0.25, 0.3) is 5.91 Å². The Balaban J connectivity index is 1.47. The third kappa shape index (κ3) is 3.16. The van der Waals surface area contributed by atoms with Crippen LogP contribution in [0.25, 0.3) is 21.9 Å². The summed E-state index contributed by atoms with van der Waals surface area (Å²) in [6.45, 7) is 2.40. The van der Waals surface area contributed by atoms with Crippen molar-refractivity contribution >= 4 is 27.8 Å². The van der Waals surface area contributed by atoms with Gasteiger partial charge in [0.2, 0.25) is 0 Å². The number of fused-ring (bicyclic) bond motifs is 2. The molecule has 0 spiro atoms. The minimum atomic E-state index is -0.190. The monoisotopic (exact) mass is 394 g/mol. The Morgan fingerprint density at radius 1 is 0.933 bits per heavy atom. The van der Waals surface area contributed by atoms with E-state index in [1.165, 1.54) is 10.9 Å². The van der Waals surface area contributed by atoms with Gasteiger partial charge in [-0.05, 0) is 30.2 Å². The predicted octanol–water partition coefficient (Wildman–Crippen LogP) is 5.78. The molecule has 1 atom stereocenters. The largest absolute Gasteiger partial charge is 0.451 e. The topological polar surface area (TPSA) is 58.0 Å². The van der Waals surface area contributed by atoms with Gasteiger partial charge in [0.05, 0.1) is 0 Å². The second-order valence-electron chi connectivity index (χ2n) is 7.52. The second kappa shape index (κ2) is 7.56. The smallest absolute Gasteiger partial charge is 0.287 e. The van der Waals surface area contributed by atoms with Crippen LogP contribution in [-0.2, 0) is 0 Å². The third-order valence-corrected chi connectivity index (χ3v) is 5.72. The number of benzene rings is 3. The van der Waals surface area contributed by atoms with Crippen LogP contribution < -0.4 is 5.32 Å². The molecule has 0 fully saturated rings. The van der Waals surface area contributed by atoms with Crippen LogP contribution in [0.5, 0.6) is 0 Å². The van der Waals surface area contributed by atoms with Gasteiger partial charge in [0, 0.05) is 40.5 Å². The van der Waals surface area contributed by atoms with Crippen molar-refractivity contribution in [2.24, 2.45) is 0 Å². The van der Waals surface area contributed by atoms with Gasteiger partial charge < -0.3 is 14.7 Å². The molecular formula is C26H22N2O2. The maximum absolute atomic E-state index is 13.0. The van der Waals surface area contributed by atoms with Gasteiger partial charge in [0.1, 0.15) is 5.58 Å². The standard InChI is InChI=1S/C26H22N2O2/c1-17-19-11-6-8-14-24(19)30-25(17)26(29)28-15-21(18-9-3-2-4-10-18)22-16-27-23-13-7-5-12-20(22)23/h2-14,16,21,27H,15H2,1H3,(H,28,29)/t21-/m0/s1. The molecule has 0 bridgehead atoms. The average Bonchev–Trinajstić information content (AvgIpc) is 3.36. The molecule has 0 saturated heterocycles. The Morgan fingerprint density at radius 2 is 1.63 bits per heavy atom.